The topological polar surface area (TPSA) is 28.2 Å². The highest BCUT2D eigenvalue weighted by Crippen LogP contribution is 2.33. The Hall–Kier alpha value is -3.35. The molecule has 2 heterocycles. The molecule has 1 unspecified atom stereocenters. The summed E-state index contributed by atoms with van der Waals surface area (Å²) in [5.74, 6) is 0.285. The van der Waals surface area contributed by atoms with E-state index in [4.69, 9.17) is 0 Å². The lowest BCUT2D eigenvalue weighted by molar-refractivity contribution is -0.0884. The fourth-order valence-electron chi connectivity index (χ4n) is 4.58. The monoisotopic (exact) mass is 513 g/mol. The summed E-state index contributed by atoms with van der Waals surface area (Å²) >= 11 is 0. The number of pyridine rings is 1. The van der Waals surface area contributed by atoms with Gasteiger partial charge >= 0.3 is 6.18 Å². The van der Waals surface area contributed by atoms with Crippen LogP contribution in [0.3, 0.4) is 0 Å². The van der Waals surface area contributed by atoms with Gasteiger partial charge in [0.05, 0.1) is 11.6 Å². The van der Waals surface area contributed by atoms with E-state index in [2.05, 4.69) is 15.2 Å². The van der Waals surface area contributed by atoms with E-state index >= 15 is 0 Å². The van der Waals surface area contributed by atoms with Crippen LogP contribution in [0.2, 0.25) is 0 Å². The Morgan fingerprint density at radius 1 is 1.22 bits per heavy atom. The van der Waals surface area contributed by atoms with E-state index in [-0.39, 0.29) is 18.3 Å². The van der Waals surface area contributed by atoms with Crippen LogP contribution in [0.1, 0.15) is 46.1 Å². The minimum Gasteiger partial charge on any atom is -0.376 e. The number of likely N-dealkylation sites (tertiary alicyclic amines) is 1. The summed E-state index contributed by atoms with van der Waals surface area (Å²) in [5.41, 5.74) is 3.20. The van der Waals surface area contributed by atoms with Crippen molar-refractivity contribution >= 4 is 16.6 Å². The number of aromatic nitrogens is 1. The summed E-state index contributed by atoms with van der Waals surface area (Å²) in [5, 5.41) is 4.67. The Morgan fingerprint density at radius 3 is 2.57 bits per heavy atom. The number of allylic oxidation sites excluding steroid dienone is 9. The highest BCUT2D eigenvalue weighted by molar-refractivity contribution is 5.92. The van der Waals surface area contributed by atoms with E-state index in [1.165, 1.54) is 18.2 Å². The summed E-state index contributed by atoms with van der Waals surface area (Å²) in [4.78, 5) is 6.58. The number of likely N-dealkylation sites (N-methyl/N-ethyl adjacent to an activating group) is 1. The normalized spacial score (nSPS) is 18.4. The number of hydrogen-bond donors (Lipinski definition) is 1. The minimum absolute atomic E-state index is 0.138. The first-order chi connectivity index (χ1) is 17.5. The van der Waals surface area contributed by atoms with Crippen molar-refractivity contribution in [3.8, 4) is 0 Å². The maximum Gasteiger partial charge on any atom is 0.416 e. The second-order valence-corrected chi connectivity index (χ2v) is 9.56. The molecule has 1 aliphatic rings. The van der Waals surface area contributed by atoms with Gasteiger partial charge in [0.1, 0.15) is 11.6 Å². The second-order valence-electron chi connectivity index (χ2n) is 9.56. The van der Waals surface area contributed by atoms with Crippen molar-refractivity contribution < 1.29 is 17.6 Å². The van der Waals surface area contributed by atoms with Crippen LogP contribution in [0.4, 0.5) is 23.4 Å². The number of aryl methyl sites for hydroxylation is 1. The number of rotatable bonds is 7. The summed E-state index contributed by atoms with van der Waals surface area (Å²) < 4.78 is 55.7. The first-order valence-electron chi connectivity index (χ1n) is 12.5. The fourth-order valence-corrected chi connectivity index (χ4v) is 4.58. The predicted molar refractivity (Wildman–Crippen MR) is 145 cm³/mol. The third kappa shape index (κ3) is 6.70. The molecule has 0 saturated carbocycles. The third-order valence-corrected chi connectivity index (χ3v) is 6.39. The number of fused-ring (bicyclic) bond motifs is 1. The van der Waals surface area contributed by atoms with Gasteiger partial charge in [0.2, 0.25) is 0 Å². The Kier molecular flexibility index (Phi) is 9.00. The average molecular weight is 514 g/mol. The zero-order valence-corrected chi connectivity index (χ0v) is 22.3. The lowest BCUT2D eigenvalue weighted by Gasteiger charge is -2.22. The van der Waals surface area contributed by atoms with Gasteiger partial charge in [0, 0.05) is 36.3 Å². The number of nitrogens with one attached hydrogen (secondary N) is 1. The third-order valence-electron chi connectivity index (χ3n) is 6.39. The molecule has 1 aliphatic heterocycles. The summed E-state index contributed by atoms with van der Waals surface area (Å²) in [6.45, 7) is 9.89. The highest BCUT2D eigenvalue weighted by Gasteiger charge is 2.32. The number of halogens is 4. The fraction of sp³-hybridized carbons (Fsp3) is 0.367. The number of anilines is 1. The van der Waals surface area contributed by atoms with Gasteiger partial charge in [-0.3, -0.25) is 0 Å². The molecular weight excluding hydrogens is 478 g/mol. The maximum absolute atomic E-state index is 14.6. The van der Waals surface area contributed by atoms with Crippen LogP contribution in [0.15, 0.2) is 82.8 Å². The molecule has 0 bridgehead atoms. The lowest BCUT2D eigenvalue weighted by Crippen LogP contribution is -2.22. The number of nitrogens with zero attached hydrogens (tertiary/aromatic N) is 2. The molecule has 1 fully saturated rings. The van der Waals surface area contributed by atoms with Gasteiger partial charge in [0.25, 0.3) is 0 Å². The SMILES string of the molecule is C\C=C/C(=C\C(=C\CC)C(F)(F)F)C(/C=C1/C(Nc2nccc3c(F)cc(C)cc23)CCN1C)=C(C)C. The molecule has 3 rings (SSSR count). The predicted octanol–water partition coefficient (Wildman–Crippen LogP) is 8.42. The Bertz CT molecular complexity index is 1290. The van der Waals surface area contributed by atoms with E-state index in [9.17, 15) is 17.6 Å². The van der Waals surface area contributed by atoms with E-state index < -0.39 is 11.7 Å². The molecule has 1 atom stereocenters. The molecule has 2 aromatic rings. The largest absolute Gasteiger partial charge is 0.416 e. The van der Waals surface area contributed by atoms with Crippen molar-refractivity contribution in [1.82, 2.24) is 9.88 Å². The van der Waals surface area contributed by atoms with Crippen molar-refractivity contribution in [1.29, 1.82) is 0 Å². The highest BCUT2D eigenvalue weighted by atomic mass is 19.4. The second kappa shape index (κ2) is 11.8. The Balaban J connectivity index is 2.08. The molecular formula is C30H35F4N3. The molecule has 0 radical (unpaired) electrons. The zero-order valence-electron chi connectivity index (χ0n) is 22.3. The van der Waals surface area contributed by atoms with Crippen LogP contribution in [0.5, 0.6) is 0 Å². The van der Waals surface area contributed by atoms with Crippen LogP contribution < -0.4 is 5.32 Å². The molecule has 0 spiro atoms. The van der Waals surface area contributed by atoms with Gasteiger partial charge in [-0.2, -0.15) is 13.2 Å². The van der Waals surface area contributed by atoms with Crippen molar-refractivity contribution in [3.63, 3.8) is 0 Å². The van der Waals surface area contributed by atoms with Gasteiger partial charge in [0.15, 0.2) is 0 Å². The molecule has 1 N–H and O–H groups in total. The van der Waals surface area contributed by atoms with Crippen LogP contribution in [-0.2, 0) is 0 Å². The number of benzene rings is 1. The molecule has 1 saturated heterocycles. The van der Waals surface area contributed by atoms with Gasteiger partial charge in [-0.1, -0.05) is 30.7 Å². The molecule has 1 aromatic carbocycles. The first kappa shape index (κ1) is 28.2. The molecule has 1 aromatic heterocycles. The van der Waals surface area contributed by atoms with Gasteiger partial charge in [-0.15, -0.1) is 0 Å². The number of hydrogen-bond acceptors (Lipinski definition) is 3. The summed E-state index contributed by atoms with van der Waals surface area (Å²) in [6.07, 6.45) is 6.05. The van der Waals surface area contributed by atoms with Crippen LogP contribution in [0, 0.1) is 12.7 Å². The standard InChI is InChI=1S/C30H35F4N3/c1-7-9-21(17-22(10-8-2)30(32,33)34)24(19(3)4)18-28-27(12-14-37(28)6)36-29-25-15-20(5)16-26(31)23(25)11-13-35-29/h7,9-11,13,15-18,27H,8,12,14H2,1-6H3,(H,35,36)/b9-7-,21-17+,22-10-,28-18-. The lowest BCUT2D eigenvalue weighted by atomic mass is 9.96. The quantitative estimate of drug-likeness (QED) is 0.298. The average Bonchev–Trinajstić information content (AvgIpc) is 3.15. The van der Waals surface area contributed by atoms with Gasteiger partial charge in [-0.25, -0.2) is 9.37 Å². The van der Waals surface area contributed by atoms with Crippen LogP contribution >= 0.6 is 0 Å². The molecule has 7 heteroatoms. The smallest absolute Gasteiger partial charge is 0.376 e. The summed E-state index contributed by atoms with van der Waals surface area (Å²) in [7, 11) is 1.97. The molecule has 3 nitrogen and oxygen atoms in total. The van der Waals surface area contributed by atoms with E-state index in [1.807, 2.05) is 40.0 Å². The van der Waals surface area contributed by atoms with E-state index in [0.717, 1.165) is 35.4 Å². The van der Waals surface area contributed by atoms with Gasteiger partial charge in [-0.05, 0) is 87.6 Å². The molecule has 37 heavy (non-hydrogen) atoms. The van der Waals surface area contributed by atoms with Crippen molar-refractivity contribution in [2.24, 2.45) is 0 Å². The van der Waals surface area contributed by atoms with Crippen LogP contribution in [0.25, 0.3) is 10.8 Å². The molecule has 198 valence electrons. The number of alkyl halides is 3. The van der Waals surface area contributed by atoms with Crippen molar-refractivity contribution in [3.05, 3.63) is 94.1 Å². The van der Waals surface area contributed by atoms with Crippen LogP contribution in [-0.4, -0.2) is 35.7 Å². The first-order valence-corrected chi connectivity index (χ1v) is 12.5. The Morgan fingerprint density at radius 2 is 1.95 bits per heavy atom. The maximum atomic E-state index is 14.6. The minimum atomic E-state index is -4.44. The van der Waals surface area contributed by atoms with E-state index in [1.54, 1.807) is 38.3 Å². The zero-order chi connectivity index (χ0) is 27.3. The molecule has 0 amide bonds. The van der Waals surface area contributed by atoms with E-state index in [0.29, 0.717) is 22.2 Å². The summed E-state index contributed by atoms with van der Waals surface area (Å²) in [6, 6.07) is 4.92. The van der Waals surface area contributed by atoms with Gasteiger partial charge < -0.3 is 10.2 Å². The molecule has 0 aliphatic carbocycles. The van der Waals surface area contributed by atoms with Crippen molar-refractivity contribution in [2.45, 2.75) is 59.7 Å². The Labute approximate surface area is 217 Å². The van der Waals surface area contributed by atoms with Crippen molar-refractivity contribution in [2.75, 3.05) is 18.9 Å².